The molecule has 1 N–H and O–H groups in total. The zero-order chi connectivity index (χ0) is 11.8. The monoisotopic (exact) mass is 270 g/mol. The maximum Gasteiger partial charge on any atom is 1.00 e. The van der Waals surface area contributed by atoms with Crippen molar-refractivity contribution in [3.05, 3.63) is 0 Å². The summed E-state index contributed by atoms with van der Waals surface area (Å²) in [5.41, 5.74) is -1.68. The van der Waals surface area contributed by atoms with Gasteiger partial charge < -0.3 is 9.66 Å². The third-order valence-corrected chi connectivity index (χ3v) is 5.23. The number of rotatable bonds is 2. The van der Waals surface area contributed by atoms with Gasteiger partial charge in [0.1, 0.15) is 15.6 Å². The molecule has 2 aliphatic carbocycles. The molecule has 0 saturated heterocycles. The molecule has 0 aromatic carbocycles. The number of aliphatic hydroxyl groups is 1. The minimum Gasteiger partial charge on any atom is -0.746 e. The van der Waals surface area contributed by atoms with Crippen LogP contribution < -0.4 is 29.6 Å². The molecule has 6 heteroatoms. The van der Waals surface area contributed by atoms with Crippen molar-refractivity contribution in [2.75, 3.05) is 0 Å². The van der Waals surface area contributed by atoms with E-state index in [2.05, 4.69) is 0 Å². The van der Waals surface area contributed by atoms with Crippen molar-refractivity contribution in [3.63, 3.8) is 0 Å². The first-order valence-corrected chi connectivity index (χ1v) is 7.60. The Labute approximate surface area is 125 Å². The third kappa shape index (κ3) is 3.67. The van der Waals surface area contributed by atoms with Crippen LogP contribution in [0.15, 0.2) is 0 Å². The normalized spacial score (nSPS) is 35.5. The van der Waals surface area contributed by atoms with Crippen LogP contribution in [0.5, 0.6) is 0 Å². The second kappa shape index (κ2) is 6.35. The molecule has 0 radical (unpaired) electrons. The number of hydrogen-bond donors (Lipinski definition) is 1. The van der Waals surface area contributed by atoms with E-state index in [0.29, 0.717) is 12.3 Å². The summed E-state index contributed by atoms with van der Waals surface area (Å²) in [4.78, 5) is 0. The van der Waals surface area contributed by atoms with Crippen LogP contribution in [0.4, 0.5) is 0 Å². The van der Waals surface area contributed by atoms with E-state index in [-0.39, 0.29) is 41.4 Å². The average Bonchev–Trinajstić information content (AvgIpc) is 2.26. The van der Waals surface area contributed by atoms with Crippen molar-refractivity contribution in [1.82, 2.24) is 0 Å². The minimum atomic E-state index is -4.55. The fraction of sp³-hybridized carbons (Fsp3) is 1.00. The zero-order valence-corrected chi connectivity index (χ0v) is 13.2. The molecule has 4 atom stereocenters. The summed E-state index contributed by atoms with van der Waals surface area (Å²) in [6, 6.07) is 0. The van der Waals surface area contributed by atoms with Gasteiger partial charge in [-0.15, -0.1) is 0 Å². The van der Waals surface area contributed by atoms with Gasteiger partial charge in [-0.2, -0.15) is 0 Å². The summed E-state index contributed by atoms with van der Waals surface area (Å²) < 4.78 is 32.7. The zero-order valence-electron chi connectivity index (χ0n) is 10.3. The molecule has 0 spiro atoms. The second-order valence-electron chi connectivity index (χ2n) is 5.19. The quantitative estimate of drug-likeness (QED) is 0.487. The predicted molar refractivity (Wildman–Crippen MR) is 58.5 cm³/mol. The molecule has 4 nitrogen and oxygen atoms in total. The summed E-state index contributed by atoms with van der Waals surface area (Å²) in [5.74, 6) is 0.465. The van der Waals surface area contributed by atoms with Crippen LogP contribution in [0.25, 0.3) is 0 Å². The van der Waals surface area contributed by atoms with E-state index in [1.54, 1.807) is 0 Å². The van der Waals surface area contributed by atoms with Gasteiger partial charge >= 0.3 is 29.6 Å². The van der Waals surface area contributed by atoms with E-state index in [0.717, 1.165) is 32.1 Å². The molecule has 0 aromatic rings. The second-order valence-corrected chi connectivity index (χ2v) is 6.66. The van der Waals surface area contributed by atoms with Crippen molar-refractivity contribution in [2.24, 2.45) is 17.8 Å². The Morgan fingerprint density at radius 2 is 1.65 bits per heavy atom. The van der Waals surface area contributed by atoms with Gasteiger partial charge in [0.25, 0.3) is 0 Å². The van der Waals surface area contributed by atoms with E-state index >= 15 is 0 Å². The summed E-state index contributed by atoms with van der Waals surface area (Å²) in [5, 5.41) is 9.65. The molecule has 0 heterocycles. The Balaban J connectivity index is 0.00000144. The molecular formula is C11H19NaO4S. The summed E-state index contributed by atoms with van der Waals surface area (Å²) >= 11 is 0. The standard InChI is InChI=1S/C11H20O4S.Na/c12-11(16(13,14)15)10-7-3-5-8-4-1-2-6-9(8)10;/h8-12H,1-7H2,(H,13,14,15);/q;+1/p-1. The number of fused-ring (bicyclic) bond motifs is 1. The van der Waals surface area contributed by atoms with E-state index in [1.807, 2.05) is 0 Å². The van der Waals surface area contributed by atoms with Crippen LogP contribution in [0.2, 0.25) is 0 Å². The smallest absolute Gasteiger partial charge is 0.746 e. The van der Waals surface area contributed by atoms with Gasteiger partial charge in [-0.25, -0.2) is 8.42 Å². The fourth-order valence-corrected chi connectivity index (χ4v) is 4.32. The molecule has 0 bridgehead atoms. The topological polar surface area (TPSA) is 77.4 Å². The van der Waals surface area contributed by atoms with Crippen LogP contribution in [-0.4, -0.2) is 23.5 Å². The number of aliphatic hydroxyl groups excluding tert-OH is 1. The average molecular weight is 270 g/mol. The van der Waals surface area contributed by atoms with Crippen molar-refractivity contribution in [2.45, 2.75) is 50.4 Å². The molecule has 0 amide bonds. The van der Waals surface area contributed by atoms with E-state index in [1.165, 1.54) is 6.42 Å². The molecule has 2 saturated carbocycles. The number of hydrogen-bond acceptors (Lipinski definition) is 4. The molecule has 2 aliphatic rings. The predicted octanol–water partition coefficient (Wildman–Crippen LogP) is -1.54. The van der Waals surface area contributed by atoms with Crippen LogP contribution >= 0.6 is 0 Å². The fourth-order valence-electron chi connectivity index (χ4n) is 3.56. The summed E-state index contributed by atoms with van der Waals surface area (Å²) in [6.07, 6.45) is 7.17. The summed E-state index contributed by atoms with van der Waals surface area (Å²) in [6.45, 7) is 0. The van der Waals surface area contributed by atoms with Gasteiger partial charge in [0.2, 0.25) is 0 Å². The SMILES string of the molecule is O=S(=O)([O-])C(O)C1CCCC2CCCCC21.[Na+]. The largest absolute Gasteiger partial charge is 1.00 e. The third-order valence-electron chi connectivity index (χ3n) is 4.29. The first-order valence-electron chi connectivity index (χ1n) is 6.13. The van der Waals surface area contributed by atoms with Crippen LogP contribution in [0.3, 0.4) is 0 Å². The first kappa shape index (κ1) is 15.9. The molecule has 94 valence electrons. The van der Waals surface area contributed by atoms with Gasteiger partial charge in [-0.05, 0) is 24.7 Å². The first-order chi connectivity index (χ1) is 7.50. The van der Waals surface area contributed by atoms with Crippen LogP contribution in [0.1, 0.15) is 44.9 Å². The molecular weight excluding hydrogens is 251 g/mol. The van der Waals surface area contributed by atoms with Crippen molar-refractivity contribution < 1.29 is 47.6 Å². The maximum atomic E-state index is 10.9. The summed E-state index contributed by atoms with van der Waals surface area (Å²) in [7, 11) is -4.55. The molecule has 2 fully saturated rings. The van der Waals surface area contributed by atoms with E-state index in [9.17, 15) is 18.1 Å². The van der Waals surface area contributed by atoms with Crippen molar-refractivity contribution >= 4 is 10.1 Å². The Kier molecular flexibility index (Phi) is 5.95. The van der Waals surface area contributed by atoms with Gasteiger partial charge in [0.15, 0.2) is 0 Å². The van der Waals surface area contributed by atoms with Gasteiger partial charge in [0.05, 0.1) is 0 Å². The van der Waals surface area contributed by atoms with Gasteiger partial charge in [-0.1, -0.05) is 32.1 Å². The maximum absolute atomic E-state index is 10.9. The Bertz CT molecular complexity index is 341. The van der Waals surface area contributed by atoms with E-state index < -0.39 is 15.6 Å². The van der Waals surface area contributed by atoms with Crippen molar-refractivity contribution in [3.8, 4) is 0 Å². The Morgan fingerprint density at radius 3 is 2.29 bits per heavy atom. The molecule has 17 heavy (non-hydrogen) atoms. The van der Waals surface area contributed by atoms with E-state index in [4.69, 9.17) is 0 Å². The molecule has 2 rings (SSSR count). The van der Waals surface area contributed by atoms with Crippen LogP contribution in [-0.2, 0) is 10.1 Å². The Morgan fingerprint density at radius 1 is 1.06 bits per heavy atom. The molecule has 4 unspecified atom stereocenters. The van der Waals surface area contributed by atoms with Gasteiger partial charge in [0, 0.05) is 5.92 Å². The minimum absolute atomic E-state index is 0. The molecule has 0 aliphatic heterocycles. The Hall–Kier alpha value is 0.870. The molecule has 0 aromatic heterocycles. The van der Waals surface area contributed by atoms with Gasteiger partial charge in [-0.3, -0.25) is 0 Å². The van der Waals surface area contributed by atoms with Crippen molar-refractivity contribution in [1.29, 1.82) is 0 Å². The van der Waals surface area contributed by atoms with Crippen LogP contribution in [0, 0.1) is 17.8 Å².